The van der Waals surface area contributed by atoms with Crippen LogP contribution in [-0.2, 0) is 13.5 Å². The van der Waals surface area contributed by atoms with E-state index in [2.05, 4.69) is 25.9 Å². The molecule has 0 saturated carbocycles. The van der Waals surface area contributed by atoms with E-state index in [0.29, 0.717) is 0 Å². The summed E-state index contributed by atoms with van der Waals surface area (Å²) in [6.45, 7) is 6.37. The molecule has 0 bridgehead atoms. The van der Waals surface area contributed by atoms with Crippen molar-refractivity contribution >= 4 is 0 Å². The highest BCUT2D eigenvalue weighted by Crippen LogP contribution is 1.94. The molecule has 0 aliphatic heterocycles. The van der Waals surface area contributed by atoms with Crippen molar-refractivity contribution in [3.63, 3.8) is 0 Å². The average molecular weight is 154 g/mol. The minimum atomic E-state index is 1.08. The topological polar surface area (TPSA) is 17.8 Å². The first kappa shape index (κ1) is 10.2. The molecule has 0 amide bonds. The van der Waals surface area contributed by atoms with E-state index in [4.69, 9.17) is 0 Å². The van der Waals surface area contributed by atoms with E-state index >= 15 is 0 Å². The molecule has 64 valence electrons. The molecule has 0 saturated heterocycles. The lowest BCUT2D eigenvalue weighted by Gasteiger charge is -1.81. The molecule has 0 atom stereocenters. The van der Waals surface area contributed by atoms with Crippen molar-refractivity contribution in [3.05, 3.63) is 18.0 Å². The highest BCUT2D eigenvalue weighted by molar-refractivity contribution is 5.02. The molecule has 1 heterocycles. The second kappa shape index (κ2) is 5.96. The maximum atomic E-state index is 4.00. The van der Waals surface area contributed by atoms with Gasteiger partial charge in [-0.1, -0.05) is 27.2 Å². The van der Waals surface area contributed by atoms with Crippen LogP contribution in [0.3, 0.4) is 0 Å². The maximum Gasteiger partial charge on any atom is 0.0521 e. The molecule has 0 N–H and O–H groups in total. The summed E-state index contributed by atoms with van der Waals surface area (Å²) in [5.74, 6) is 0. The SMILES string of the molecule is CCC.CCc1cnn(C)c1. The summed E-state index contributed by atoms with van der Waals surface area (Å²) in [5, 5.41) is 4.00. The largest absolute Gasteiger partial charge is 0.276 e. The Kier molecular flexibility index (Phi) is 5.53. The van der Waals surface area contributed by atoms with Crippen molar-refractivity contribution in [3.8, 4) is 0 Å². The molecule has 0 spiro atoms. The monoisotopic (exact) mass is 154 g/mol. The van der Waals surface area contributed by atoms with E-state index in [1.165, 1.54) is 12.0 Å². The Bertz CT molecular complexity index is 179. The Morgan fingerprint density at radius 1 is 1.36 bits per heavy atom. The molecular formula is C9H18N2. The van der Waals surface area contributed by atoms with Crippen molar-refractivity contribution in [1.29, 1.82) is 0 Å². The van der Waals surface area contributed by atoms with Gasteiger partial charge >= 0.3 is 0 Å². The highest BCUT2D eigenvalue weighted by atomic mass is 15.2. The number of nitrogens with zero attached hydrogens (tertiary/aromatic N) is 2. The molecule has 0 fully saturated rings. The smallest absolute Gasteiger partial charge is 0.0521 e. The number of rotatable bonds is 1. The Hall–Kier alpha value is -0.790. The first-order valence-corrected chi connectivity index (χ1v) is 4.22. The summed E-state index contributed by atoms with van der Waals surface area (Å²) in [6, 6.07) is 0. The zero-order valence-electron chi connectivity index (χ0n) is 7.96. The molecule has 0 aromatic carbocycles. The second-order valence-corrected chi connectivity index (χ2v) is 2.58. The molecule has 0 unspecified atom stereocenters. The standard InChI is InChI=1S/C6H10N2.C3H8/c1-3-6-4-7-8(2)5-6;1-3-2/h4-5H,3H2,1-2H3;3H2,1-2H3. The molecule has 1 aromatic rings. The van der Waals surface area contributed by atoms with Crippen LogP contribution in [0.4, 0.5) is 0 Å². The Morgan fingerprint density at radius 2 is 1.91 bits per heavy atom. The van der Waals surface area contributed by atoms with Gasteiger partial charge in [-0.3, -0.25) is 4.68 Å². The fourth-order valence-electron chi connectivity index (χ4n) is 0.654. The van der Waals surface area contributed by atoms with Gasteiger partial charge in [-0.05, 0) is 12.0 Å². The van der Waals surface area contributed by atoms with E-state index in [0.717, 1.165) is 6.42 Å². The van der Waals surface area contributed by atoms with E-state index in [9.17, 15) is 0 Å². The van der Waals surface area contributed by atoms with Gasteiger partial charge in [-0.25, -0.2) is 0 Å². The van der Waals surface area contributed by atoms with Gasteiger partial charge in [0.15, 0.2) is 0 Å². The number of aromatic nitrogens is 2. The van der Waals surface area contributed by atoms with Gasteiger partial charge in [0.05, 0.1) is 6.20 Å². The summed E-state index contributed by atoms with van der Waals surface area (Å²) in [4.78, 5) is 0. The van der Waals surface area contributed by atoms with Crippen molar-refractivity contribution < 1.29 is 0 Å². The molecule has 0 aliphatic rings. The molecule has 2 nitrogen and oxygen atoms in total. The Balaban J connectivity index is 0.000000292. The summed E-state index contributed by atoms with van der Waals surface area (Å²) in [6.07, 6.45) is 6.24. The third kappa shape index (κ3) is 4.59. The lowest BCUT2D eigenvalue weighted by atomic mass is 10.3. The van der Waals surface area contributed by atoms with Crippen LogP contribution in [0, 0.1) is 0 Å². The van der Waals surface area contributed by atoms with Crippen LogP contribution in [0.5, 0.6) is 0 Å². The van der Waals surface area contributed by atoms with Gasteiger partial charge in [0.1, 0.15) is 0 Å². The minimum Gasteiger partial charge on any atom is -0.276 e. The highest BCUT2D eigenvalue weighted by Gasteiger charge is 1.87. The van der Waals surface area contributed by atoms with Crippen molar-refractivity contribution in [2.24, 2.45) is 7.05 Å². The van der Waals surface area contributed by atoms with Crippen LogP contribution in [0.25, 0.3) is 0 Å². The summed E-state index contributed by atoms with van der Waals surface area (Å²) in [7, 11) is 1.93. The normalized spacial score (nSPS) is 8.73. The van der Waals surface area contributed by atoms with Gasteiger partial charge < -0.3 is 0 Å². The van der Waals surface area contributed by atoms with E-state index in [1.807, 2.05) is 24.1 Å². The van der Waals surface area contributed by atoms with Crippen molar-refractivity contribution in [1.82, 2.24) is 9.78 Å². The second-order valence-electron chi connectivity index (χ2n) is 2.58. The summed E-state index contributed by atoms with van der Waals surface area (Å²) in [5.41, 5.74) is 1.30. The van der Waals surface area contributed by atoms with Gasteiger partial charge in [0, 0.05) is 13.2 Å². The van der Waals surface area contributed by atoms with E-state index in [1.54, 1.807) is 0 Å². The van der Waals surface area contributed by atoms with Crippen molar-refractivity contribution in [2.75, 3.05) is 0 Å². The lowest BCUT2D eigenvalue weighted by molar-refractivity contribution is 0.767. The predicted octanol–water partition coefficient (Wildman–Crippen LogP) is 2.40. The third-order valence-electron chi connectivity index (χ3n) is 1.17. The van der Waals surface area contributed by atoms with E-state index < -0.39 is 0 Å². The molecule has 1 aromatic heterocycles. The quantitative estimate of drug-likeness (QED) is 0.607. The van der Waals surface area contributed by atoms with Crippen LogP contribution < -0.4 is 0 Å². The van der Waals surface area contributed by atoms with Crippen LogP contribution in [0.2, 0.25) is 0 Å². The van der Waals surface area contributed by atoms with Gasteiger partial charge in [0.2, 0.25) is 0 Å². The van der Waals surface area contributed by atoms with Gasteiger partial charge in [-0.2, -0.15) is 5.10 Å². The fraction of sp³-hybridized carbons (Fsp3) is 0.667. The predicted molar refractivity (Wildman–Crippen MR) is 48.6 cm³/mol. The van der Waals surface area contributed by atoms with Crippen LogP contribution in [-0.4, -0.2) is 9.78 Å². The molecular weight excluding hydrogens is 136 g/mol. The van der Waals surface area contributed by atoms with Crippen LogP contribution in [0.1, 0.15) is 32.8 Å². The first-order valence-electron chi connectivity index (χ1n) is 4.22. The molecule has 1 rings (SSSR count). The van der Waals surface area contributed by atoms with E-state index in [-0.39, 0.29) is 0 Å². The average Bonchev–Trinajstić information content (AvgIpc) is 2.37. The number of hydrogen-bond acceptors (Lipinski definition) is 1. The Morgan fingerprint density at radius 3 is 2.09 bits per heavy atom. The summed E-state index contributed by atoms with van der Waals surface area (Å²) < 4.78 is 1.82. The zero-order chi connectivity index (χ0) is 8.69. The fourth-order valence-corrected chi connectivity index (χ4v) is 0.654. The van der Waals surface area contributed by atoms with Crippen LogP contribution in [0.15, 0.2) is 12.4 Å². The van der Waals surface area contributed by atoms with Gasteiger partial charge in [-0.15, -0.1) is 0 Å². The lowest BCUT2D eigenvalue weighted by Crippen LogP contribution is -1.84. The van der Waals surface area contributed by atoms with Crippen molar-refractivity contribution in [2.45, 2.75) is 33.6 Å². The van der Waals surface area contributed by atoms with Crippen LogP contribution >= 0.6 is 0 Å². The summed E-state index contributed by atoms with van der Waals surface area (Å²) >= 11 is 0. The number of hydrogen-bond donors (Lipinski definition) is 0. The maximum absolute atomic E-state index is 4.00. The first-order chi connectivity index (χ1) is 5.24. The zero-order valence-corrected chi connectivity index (χ0v) is 7.96. The minimum absolute atomic E-state index is 1.08. The molecule has 0 radical (unpaired) electrons. The third-order valence-corrected chi connectivity index (χ3v) is 1.17. The van der Waals surface area contributed by atoms with Gasteiger partial charge in [0.25, 0.3) is 0 Å². The Labute approximate surface area is 69.2 Å². The molecule has 2 heteroatoms. The number of aryl methyl sites for hydroxylation is 2. The molecule has 0 aliphatic carbocycles. The molecule has 11 heavy (non-hydrogen) atoms.